The molecule has 15 heavy (non-hydrogen) atoms. The SMILES string of the molecule is COC[C@H]1NCc2nn(S(C)(=O)=O)cc21. The molecule has 1 aromatic rings. The molecule has 0 bridgehead atoms. The fourth-order valence-corrected chi connectivity index (χ4v) is 2.19. The van der Waals surface area contributed by atoms with Crippen LogP contribution in [0.2, 0.25) is 0 Å². The van der Waals surface area contributed by atoms with Crippen LogP contribution in [0.25, 0.3) is 0 Å². The first-order valence-corrected chi connectivity index (χ1v) is 6.38. The summed E-state index contributed by atoms with van der Waals surface area (Å²) >= 11 is 0. The summed E-state index contributed by atoms with van der Waals surface area (Å²) in [6, 6.07) is 0.0421. The number of hydrogen-bond acceptors (Lipinski definition) is 5. The van der Waals surface area contributed by atoms with Crippen molar-refractivity contribution in [2.24, 2.45) is 0 Å². The lowest BCUT2D eigenvalue weighted by molar-refractivity contribution is 0.171. The Bertz CT molecular complexity index is 465. The Morgan fingerprint density at radius 1 is 1.73 bits per heavy atom. The molecule has 1 aliphatic rings. The maximum absolute atomic E-state index is 11.3. The summed E-state index contributed by atoms with van der Waals surface area (Å²) in [6.07, 6.45) is 2.68. The topological polar surface area (TPSA) is 73.2 Å². The van der Waals surface area contributed by atoms with Crippen molar-refractivity contribution >= 4 is 10.0 Å². The predicted octanol–water partition coefficient (Wildman–Crippen LogP) is -0.518. The van der Waals surface area contributed by atoms with Gasteiger partial charge in [0.25, 0.3) is 10.0 Å². The Hall–Kier alpha value is -0.920. The van der Waals surface area contributed by atoms with Crippen LogP contribution in [-0.4, -0.2) is 37.6 Å². The smallest absolute Gasteiger partial charge is 0.250 e. The summed E-state index contributed by atoms with van der Waals surface area (Å²) in [7, 11) is -1.67. The van der Waals surface area contributed by atoms with Gasteiger partial charge in [0.15, 0.2) is 0 Å². The van der Waals surface area contributed by atoms with Crippen LogP contribution in [0, 0.1) is 0 Å². The van der Waals surface area contributed by atoms with E-state index in [0.717, 1.165) is 21.6 Å². The van der Waals surface area contributed by atoms with Gasteiger partial charge < -0.3 is 10.1 Å². The minimum Gasteiger partial charge on any atom is -0.383 e. The number of methoxy groups -OCH3 is 1. The van der Waals surface area contributed by atoms with Gasteiger partial charge in [-0.1, -0.05) is 0 Å². The molecular formula is C8H13N3O3S. The van der Waals surface area contributed by atoms with Crippen LogP contribution in [0.15, 0.2) is 6.20 Å². The zero-order chi connectivity index (χ0) is 11.1. The molecule has 6 nitrogen and oxygen atoms in total. The summed E-state index contributed by atoms with van der Waals surface area (Å²) < 4.78 is 28.5. The highest BCUT2D eigenvalue weighted by Gasteiger charge is 2.26. The molecule has 0 aliphatic carbocycles. The number of hydrogen-bond donors (Lipinski definition) is 1. The lowest BCUT2D eigenvalue weighted by Gasteiger charge is -2.08. The molecule has 0 fully saturated rings. The molecule has 0 saturated heterocycles. The van der Waals surface area contributed by atoms with Crippen molar-refractivity contribution in [1.82, 2.24) is 14.5 Å². The fraction of sp³-hybridized carbons (Fsp3) is 0.625. The standard InChI is InChI=1S/C8H13N3O3S/c1-14-5-8-6-4-11(15(2,12)13)10-7(6)3-9-8/h4,8-9H,3,5H2,1-2H3/t8-/m1/s1. The number of rotatable bonds is 3. The predicted molar refractivity (Wildman–Crippen MR) is 53.9 cm³/mol. The molecule has 2 heterocycles. The van der Waals surface area contributed by atoms with Crippen LogP contribution in [0.4, 0.5) is 0 Å². The Morgan fingerprint density at radius 2 is 2.47 bits per heavy atom. The molecule has 1 aromatic heterocycles. The lowest BCUT2D eigenvalue weighted by atomic mass is 10.2. The van der Waals surface area contributed by atoms with Gasteiger partial charge in [0.2, 0.25) is 0 Å². The molecule has 0 unspecified atom stereocenters. The monoisotopic (exact) mass is 231 g/mol. The minimum absolute atomic E-state index is 0.0421. The molecule has 2 rings (SSSR count). The van der Waals surface area contributed by atoms with Crippen molar-refractivity contribution in [1.29, 1.82) is 0 Å². The van der Waals surface area contributed by atoms with Crippen molar-refractivity contribution in [2.75, 3.05) is 20.0 Å². The molecule has 0 radical (unpaired) electrons. The Kier molecular flexibility index (Phi) is 2.53. The highest BCUT2D eigenvalue weighted by atomic mass is 32.2. The van der Waals surface area contributed by atoms with Crippen molar-refractivity contribution in [3.8, 4) is 0 Å². The molecule has 1 atom stereocenters. The summed E-state index contributed by atoms with van der Waals surface area (Å²) in [5, 5.41) is 7.19. The van der Waals surface area contributed by atoms with E-state index in [2.05, 4.69) is 10.4 Å². The molecule has 0 aromatic carbocycles. The first kappa shape index (κ1) is 10.6. The van der Waals surface area contributed by atoms with Gasteiger partial charge in [-0.25, -0.2) is 8.42 Å². The number of aromatic nitrogens is 2. The average molecular weight is 231 g/mol. The van der Waals surface area contributed by atoms with Crippen molar-refractivity contribution in [3.05, 3.63) is 17.5 Å². The summed E-state index contributed by atoms with van der Waals surface area (Å²) in [5.41, 5.74) is 1.68. The van der Waals surface area contributed by atoms with Crippen molar-refractivity contribution < 1.29 is 13.2 Å². The highest BCUT2D eigenvalue weighted by molar-refractivity contribution is 7.89. The Labute approximate surface area is 88.3 Å². The van der Waals surface area contributed by atoms with E-state index in [4.69, 9.17) is 4.74 Å². The van der Waals surface area contributed by atoms with Crippen LogP contribution in [0.1, 0.15) is 17.3 Å². The van der Waals surface area contributed by atoms with Gasteiger partial charge in [-0.15, -0.1) is 0 Å². The van der Waals surface area contributed by atoms with Gasteiger partial charge in [-0.3, -0.25) is 0 Å². The molecule has 1 aliphatic heterocycles. The zero-order valence-electron chi connectivity index (χ0n) is 8.60. The molecule has 1 N–H and O–H groups in total. The summed E-state index contributed by atoms with van der Waals surface area (Å²) in [6.45, 7) is 1.11. The number of nitrogens with zero attached hydrogens (tertiary/aromatic N) is 2. The summed E-state index contributed by atoms with van der Waals surface area (Å²) in [5.74, 6) is 0. The molecular weight excluding hydrogens is 218 g/mol. The van der Waals surface area contributed by atoms with E-state index < -0.39 is 10.0 Å². The van der Waals surface area contributed by atoms with E-state index in [1.54, 1.807) is 13.3 Å². The van der Waals surface area contributed by atoms with E-state index in [1.165, 1.54) is 0 Å². The molecule has 0 amide bonds. The maximum atomic E-state index is 11.3. The van der Waals surface area contributed by atoms with Crippen LogP contribution in [0.3, 0.4) is 0 Å². The maximum Gasteiger partial charge on any atom is 0.250 e. The van der Waals surface area contributed by atoms with Gasteiger partial charge in [-0.05, 0) is 0 Å². The Morgan fingerprint density at radius 3 is 3.07 bits per heavy atom. The second-order valence-corrected chi connectivity index (χ2v) is 5.40. The quantitative estimate of drug-likeness (QED) is 0.758. The van der Waals surface area contributed by atoms with E-state index >= 15 is 0 Å². The molecule has 7 heteroatoms. The van der Waals surface area contributed by atoms with Crippen LogP contribution in [-0.2, 0) is 21.3 Å². The minimum atomic E-state index is -3.28. The number of nitrogens with one attached hydrogen (secondary N) is 1. The second-order valence-electron chi connectivity index (χ2n) is 3.56. The molecule has 84 valence electrons. The summed E-state index contributed by atoms with van der Waals surface area (Å²) in [4.78, 5) is 0. The van der Waals surface area contributed by atoms with E-state index in [1.807, 2.05) is 0 Å². The highest BCUT2D eigenvalue weighted by Crippen LogP contribution is 2.24. The average Bonchev–Trinajstić information content (AvgIpc) is 2.65. The van der Waals surface area contributed by atoms with Crippen LogP contribution < -0.4 is 5.32 Å². The van der Waals surface area contributed by atoms with Crippen LogP contribution >= 0.6 is 0 Å². The number of fused-ring (bicyclic) bond motifs is 1. The van der Waals surface area contributed by atoms with Gasteiger partial charge in [0.05, 0.1) is 24.6 Å². The third-order valence-electron chi connectivity index (χ3n) is 2.37. The van der Waals surface area contributed by atoms with Gasteiger partial charge >= 0.3 is 0 Å². The normalized spacial score (nSPS) is 20.5. The van der Waals surface area contributed by atoms with Gasteiger partial charge in [0, 0.05) is 25.4 Å². The largest absolute Gasteiger partial charge is 0.383 e. The van der Waals surface area contributed by atoms with Crippen molar-refractivity contribution in [3.63, 3.8) is 0 Å². The Balaban J connectivity index is 2.34. The van der Waals surface area contributed by atoms with E-state index in [-0.39, 0.29) is 6.04 Å². The van der Waals surface area contributed by atoms with E-state index in [9.17, 15) is 8.42 Å². The van der Waals surface area contributed by atoms with Crippen molar-refractivity contribution in [2.45, 2.75) is 12.6 Å². The first-order chi connectivity index (χ1) is 7.02. The third kappa shape index (κ3) is 1.90. The number of ether oxygens (including phenoxy) is 1. The zero-order valence-corrected chi connectivity index (χ0v) is 9.41. The molecule has 0 saturated carbocycles. The van der Waals surface area contributed by atoms with Gasteiger partial charge in [-0.2, -0.15) is 9.19 Å². The molecule has 0 spiro atoms. The van der Waals surface area contributed by atoms with Crippen LogP contribution in [0.5, 0.6) is 0 Å². The second kappa shape index (κ2) is 3.58. The first-order valence-electron chi connectivity index (χ1n) is 4.53. The lowest BCUT2D eigenvalue weighted by Crippen LogP contribution is -2.19. The van der Waals surface area contributed by atoms with Gasteiger partial charge in [0.1, 0.15) is 0 Å². The third-order valence-corrected chi connectivity index (χ3v) is 3.23. The van der Waals surface area contributed by atoms with E-state index in [0.29, 0.717) is 13.2 Å². The fourth-order valence-electron chi connectivity index (χ4n) is 1.64.